The van der Waals surface area contributed by atoms with E-state index in [1.807, 2.05) is 52.8 Å². The summed E-state index contributed by atoms with van der Waals surface area (Å²) in [6, 6.07) is 5.94. The van der Waals surface area contributed by atoms with Gasteiger partial charge in [0.1, 0.15) is 23.2 Å². The normalized spacial score (nSPS) is 17.3. The Morgan fingerprint density at radius 3 is 2.70 bits per heavy atom. The molecule has 1 unspecified atom stereocenters. The number of aryl methyl sites for hydroxylation is 2. The van der Waals surface area contributed by atoms with E-state index >= 15 is 0 Å². The van der Waals surface area contributed by atoms with Crippen LogP contribution in [0.4, 0.5) is 4.79 Å². The topological polar surface area (TPSA) is 64.8 Å². The first-order valence-corrected chi connectivity index (χ1v) is 9.81. The Bertz CT molecular complexity index is 821. The lowest BCUT2D eigenvalue weighted by molar-refractivity contribution is 0.0275. The maximum Gasteiger partial charge on any atom is 0.410 e. The molecule has 0 spiro atoms. The minimum absolute atomic E-state index is 0.0752. The fourth-order valence-electron chi connectivity index (χ4n) is 3.14. The van der Waals surface area contributed by atoms with Gasteiger partial charge >= 0.3 is 6.09 Å². The maximum atomic E-state index is 12.2. The number of aromatic nitrogens is 1. The molecule has 1 atom stereocenters. The molecule has 1 aliphatic rings. The molecular weight excluding hydrogens is 412 g/mol. The van der Waals surface area contributed by atoms with Gasteiger partial charge in [-0.2, -0.15) is 0 Å². The van der Waals surface area contributed by atoms with Gasteiger partial charge in [0.05, 0.1) is 16.7 Å². The van der Waals surface area contributed by atoms with E-state index in [1.165, 1.54) is 0 Å². The van der Waals surface area contributed by atoms with Crippen LogP contribution in [0.3, 0.4) is 0 Å². The summed E-state index contributed by atoms with van der Waals surface area (Å²) >= 11 is 3.55. The fraction of sp³-hybridized carbons (Fsp3) is 0.500. The third kappa shape index (κ3) is 4.64. The first-order valence-electron chi connectivity index (χ1n) is 9.01. The lowest BCUT2D eigenvalue weighted by Crippen LogP contribution is -2.36. The predicted octanol–water partition coefficient (Wildman–Crippen LogP) is 5.11. The van der Waals surface area contributed by atoms with E-state index < -0.39 is 5.60 Å². The van der Waals surface area contributed by atoms with E-state index in [0.717, 1.165) is 39.2 Å². The van der Waals surface area contributed by atoms with Crippen LogP contribution in [0.5, 0.6) is 5.75 Å². The number of likely N-dealkylation sites (tertiary alicyclic amines) is 1. The Kier molecular flexibility index (Phi) is 5.51. The maximum absolute atomic E-state index is 12.2. The van der Waals surface area contributed by atoms with Crippen molar-refractivity contribution in [2.45, 2.75) is 52.7 Å². The average molecular weight is 437 g/mol. The van der Waals surface area contributed by atoms with Crippen molar-refractivity contribution in [1.29, 1.82) is 0 Å². The molecule has 1 saturated heterocycles. The summed E-state index contributed by atoms with van der Waals surface area (Å²) in [5, 5.41) is 4.02. The largest absolute Gasteiger partial charge is 0.487 e. The van der Waals surface area contributed by atoms with Crippen LogP contribution >= 0.6 is 15.9 Å². The summed E-state index contributed by atoms with van der Waals surface area (Å²) < 4.78 is 17.8. The van der Waals surface area contributed by atoms with Crippen LogP contribution in [0, 0.1) is 13.8 Å². The monoisotopic (exact) mass is 436 g/mol. The van der Waals surface area contributed by atoms with Gasteiger partial charge in [-0.1, -0.05) is 11.2 Å². The molecule has 1 aromatic carbocycles. The average Bonchev–Trinajstić information content (AvgIpc) is 3.15. The molecule has 2 heterocycles. The van der Waals surface area contributed by atoms with Gasteiger partial charge < -0.3 is 18.9 Å². The van der Waals surface area contributed by atoms with Gasteiger partial charge in [-0.05, 0) is 68.2 Å². The van der Waals surface area contributed by atoms with Crippen LogP contribution in [0.1, 0.15) is 38.6 Å². The number of carbonyl (C=O) groups is 1. The number of halogens is 1. The number of ether oxygens (including phenoxy) is 2. The van der Waals surface area contributed by atoms with Crippen LogP contribution in [-0.4, -0.2) is 40.9 Å². The van der Waals surface area contributed by atoms with Crippen LogP contribution in [-0.2, 0) is 4.74 Å². The third-order valence-corrected chi connectivity index (χ3v) is 5.00. The van der Waals surface area contributed by atoms with E-state index in [-0.39, 0.29) is 12.2 Å². The number of carbonyl (C=O) groups excluding carboxylic acids is 1. The van der Waals surface area contributed by atoms with E-state index in [1.54, 1.807) is 4.90 Å². The lowest BCUT2D eigenvalue weighted by Gasteiger charge is -2.24. The highest BCUT2D eigenvalue weighted by atomic mass is 79.9. The van der Waals surface area contributed by atoms with Crippen molar-refractivity contribution in [2.24, 2.45) is 0 Å². The highest BCUT2D eigenvalue weighted by molar-refractivity contribution is 9.10. The Labute approximate surface area is 167 Å². The van der Waals surface area contributed by atoms with Crippen molar-refractivity contribution in [3.63, 3.8) is 0 Å². The predicted molar refractivity (Wildman–Crippen MR) is 106 cm³/mol. The molecule has 1 amide bonds. The molecule has 0 saturated carbocycles. The molecule has 1 fully saturated rings. The summed E-state index contributed by atoms with van der Waals surface area (Å²) in [5.74, 6) is 1.52. The Morgan fingerprint density at radius 2 is 2.07 bits per heavy atom. The van der Waals surface area contributed by atoms with Gasteiger partial charge in [0, 0.05) is 18.5 Å². The minimum atomic E-state index is -0.498. The van der Waals surface area contributed by atoms with Crippen molar-refractivity contribution in [1.82, 2.24) is 10.1 Å². The number of rotatable bonds is 3. The zero-order chi connectivity index (χ0) is 19.8. The van der Waals surface area contributed by atoms with Crippen LogP contribution in [0.25, 0.3) is 11.1 Å². The third-order valence-electron chi connectivity index (χ3n) is 4.34. The van der Waals surface area contributed by atoms with Gasteiger partial charge in [0.15, 0.2) is 0 Å². The fourth-order valence-corrected chi connectivity index (χ4v) is 3.48. The molecule has 1 aliphatic heterocycles. The van der Waals surface area contributed by atoms with Crippen molar-refractivity contribution in [3.05, 3.63) is 34.1 Å². The van der Waals surface area contributed by atoms with Gasteiger partial charge in [-0.3, -0.25) is 0 Å². The molecule has 2 aromatic rings. The SMILES string of the molecule is Cc1noc(C)c1-c1ccc(Br)c(OC2CCN(C(=O)OC(C)(C)C)C2)c1. The number of amides is 1. The summed E-state index contributed by atoms with van der Waals surface area (Å²) in [5.41, 5.74) is 2.32. The molecule has 146 valence electrons. The highest BCUT2D eigenvalue weighted by Gasteiger charge is 2.31. The molecule has 0 N–H and O–H groups in total. The number of hydrogen-bond donors (Lipinski definition) is 0. The van der Waals surface area contributed by atoms with E-state index in [4.69, 9.17) is 14.0 Å². The number of benzene rings is 1. The summed E-state index contributed by atoms with van der Waals surface area (Å²) in [6.45, 7) is 10.6. The van der Waals surface area contributed by atoms with Crippen molar-refractivity contribution >= 4 is 22.0 Å². The molecular formula is C20H25BrN2O4. The molecule has 1 aromatic heterocycles. The molecule has 0 aliphatic carbocycles. The smallest absolute Gasteiger partial charge is 0.410 e. The van der Waals surface area contributed by atoms with Crippen molar-refractivity contribution in [3.8, 4) is 16.9 Å². The quantitative estimate of drug-likeness (QED) is 0.668. The van der Waals surface area contributed by atoms with E-state index in [9.17, 15) is 4.79 Å². The molecule has 3 rings (SSSR count). The molecule has 27 heavy (non-hydrogen) atoms. The number of nitrogens with zero attached hydrogens (tertiary/aromatic N) is 2. The Hall–Kier alpha value is -2.02. The molecule has 0 radical (unpaired) electrons. The Morgan fingerprint density at radius 1 is 1.33 bits per heavy atom. The van der Waals surface area contributed by atoms with Gasteiger partial charge in [0.25, 0.3) is 0 Å². The first kappa shape index (κ1) is 19.7. The van der Waals surface area contributed by atoms with E-state index in [0.29, 0.717) is 13.1 Å². The first-order chi connectivity index (χ1) is 12.6. The molecule has 7 heteroatoms. The zero-order valence-corrected chi connectivity index (χ0v) is 17.9. The molecule has 0 bridgehead atoms. The van der Waals surface area contributed by atoms with Crippen LogP contribution < -0.4 is 4.74 Å². The summed E-state index contributed by atoms with van der Waals surface area (Å²) in [7, 11) is 0. The van der Waals surface area contributed by atoms with Crippen molar-refractivity contribution in [2.75, 3.05) is 13.1 Å². The highest BCUT2D eigenvalue weighted by Crippen LogP contribution is 2.35. The minimum Gasteiger partial charge on any atom is -0.487 e. The standard InChI is InChI=1S/C20H25BrN2O4/c1-12-18(13(2)27-22-12)14-6-7-16(21)17(10-14)25-15-8-9-23(11-15)19(24)26-20(3,4)5/h6-7,10,15H,8-9,11H2,1-5H3. The van der Waals surface area contributed by atoms with E-state index in [2.05, 4.69) is 21.1 Å². The second kappa shape index (κ2) is 7.54. The lowest BCUT2D eigenvalue weighted by atomic mass is 10.0. The van der Waals surface area contributed by atoms with Gasteiger partial charge in [-0.15, -0.1) is 0 Å². The summed E-state index contributed by atoms with van der Waals surface area (Å²) in [6.07, 6.45) is 0.396. The number of hydrogen-bond acceptors (Lipinski definition) is 5. The van der Waals surface area contributed by atoms with Crippen LogP contribution in [0.15, 0.2) is 27.2 Å². The van der Waals surface area contributed by atoms with Gasteiger partial charge in [0.2, 0.25) is 0 Å². The summed E-state index contributed by atoms with van der Waals surface area (Å²) in [4.78, 5) is 13.9. The van der Waals surface area contributed by atoms with Crippen molar-refractivity contribution < 1.29 is 18.8 Å². The second-order valence-electron chi connectivity index (χ2n) is 7.80. The van der Waals surface area contributed by atoms with Crippen LogP contribution in [0.2, 0.25) is 0 Å². The molecule has 6 nitrogen and oxygen atoms in total. The Balaban J connectivity index is 1.72. The van der Waals surface area contributed by atoms with Gasteiger partial charge in [-0.25, -0.2) is 4.79 Å². The second-order valence-corrected chi connectivity index (χ2v) is 8.65. The zero-order valence-electron chi connectivity index (χ0n) is 16.3.